The molecule has 84 valence electrons. The van der Waals surface area contributed by atoms with E-state index in [1.165, 1.54) is 5.56 Å². The third-order valence-electron chi connectivity index (χ3n) is 2.41. The van der Waals surface area contributed by atoms with Crippen molar-refractivity contribution in [3.05, 3.63) is 34.3 Å². The van der Waals surface area contributed by atoms with Gasteiger partial charge in [0.25, 0.3) is 0 Å². The molecule has 0 fully saturated rings. The second-order valence-corrected chi connectivity index (χ2v) is 4.70. The van der Waals surface area contributed by atoms with Crippen molar-refractivity contribution < 1.29 is 0 Å². The van der Waals surface area contributed by atoms with Crippen molar-refractivity contribution in [3.8, 4) is 0 Å². The fourth-order valence-corrected chi connectivity index (χ4v) is 1.87. The lowest BCUT2D eigenvalue weighted by atomic mass is 10.1. The molecule has 1 rings (SSSR count). The molecule has 1 N–H and O–H groups in total. The molecule has 0 amide bonds. The van der Waals surface area contributed by atoms with Crippen molar-refractivity contribution in [2.45, 2.75) is 6.42 Å². The zero-order chi connectivity index (χ0) is 11.1. The summed E-state index contributed by atoms with van der Waals surface area (Å²) in [5.74, 6) is 0. The minimum atomic E-state index is 1.05. The van der Waals surface area contributed by atoms with Gasteiger partial charge in [0.15, 0.2) is 0 Å². The van der Waals surface area contributed by atoms with Gasteiger partial charge in [0.05, 0.1) is 0 Å². The Morgan fingerprint density at radius 3 is 2.80 bits per heavy atom. The van der Waals surface area contributed by atoms with Gasteiger partial charge in [-0.2, -0.15) is 0 Å². The molecular weight excluding hydrogens is 252 g/mol. The van der Waals surface area contributed by atoms with Gasteiger partial charge in [-0.1, -0.05) is 28.1 Å². The third kappa shape index (κ3) is 5.30. The number of benzene rings is 1. The quantitative estimate of drug-likeness (QED) is 0.852. The van der Waals surface area contributed by atoms with Crippen LogP contribution in [0.3, 0.4) is 0 Å². The molecule has 0 atom stereocenters. The smallest absolute Gasteiger partial charge is 0.0178 e. The molecule has 0 aliphatic carbocycles. The van der Waals surface area contributed by atoms with E-state index in [0.29, 0.717) is 0 Å². The highest BCUT2D eigenvalue weighted by Crippen LogP contribution is 2.12. The molecule has 0 aliphatic heterocycles. The van der Waals surface area contributed by atoms with Gasteiger partial charge in [-0.05, 0) is 38.2 Å². The van der Waals surface area contributed by atoms with Crippen LogP contribution in [0.2, 0.25) is 0 Å². The number of likely N-dealkylation sites (N-methyl/N-ethyl adjacent to an activating group) is 2. The number of hydrogen-bond acceptors (Lipinski definition) is 2. The number of nitrogens with one attached hydrogen (secondary N) is 1. The normalized spacial score (nSPS) is 10.9. The van der Waals surface area contributed by atoms with Crippen LogP contribution in [0, 0.1) is 0 Å². The molecule has 0 bridgehead atoms. The first-order valence-corrected chi connectivity index (χ1v) is 6.09. The maximum Gasteiger partial charge on any atom is 0.0178 e. The van der Waals surface area contributed by atoms with E-state index >= 15 is 0 Å². The summed E-state index contributed by atoms with van der Waals surface area (Å²) >= 11 is 3.49. The van der Waals surface area contributed by atoms with Gasteiger partial charge in [-0.3, -0.25) is 0 Å². The van der Waals surface area contributed by atoms with Crippen LogP contribution in [0.5, 0.6) is 0 Å². The van der Waals surface area contributed by atoms with Gasteiger partial charge in [-0.25, -0.2) is 0 Å². The van der Waals surface area contributed by atoms with Crippen molar-refractivity contribution in [1.29, 1.82) is 0 Å². The average Bonchev–Trinajstić information content (AvgIpc) is 2.23. The van der Waals surface area contributed by atoms with E-state index in [2.05, 4.69) is 57.5 Å². The van der Waals surface area contributed by atoms with Crippen molar-refractivity contribution in [3.63, 3.8) is 0 Å². The highest BCUT2D eigenvalue weighted by atomic mass is 79.9. The predicted molar refractivity (Wildman–Crippen MR) is 69.3 cm³/mol. The molecule has 1 aromatic rings. The minimum Gasteiger partial charge on any atom is -0.318 e. The number of nitrogens with zero attached hydrogens (tertiary/aromatic N) is 1. The Morgan fingerprint density at radius 2 is 2.13 bits per heavy atom. The van der Waals surface area contributed by atoms with E-state index in [9.17, 15) is 0 Å². The SMILES string of the molecule is CNCCN(C)CCc1cccc(Br)c1. The van der Waals surface area contributed by atoms with Crippen molar-refractivity contribution >= 4 is 15.9 Å². The molecule has 3 heteroatoms. The highest BCUT2D eigenvalue weighted by Gasteiger charge is 1.99. The van der Waals surface area contributed by atoms with Crippen molar-refractivity contribution in [2.24, 2.45) is 0 Å². The molecule has 0 saturated heterocycles. The van der Waals surface area contributed by atoms with E-state index in [-0.39, 0.29) is 0 Å². The second-order valence-electron chi connectivity index (χ2n) is 3.79. The summed E-state index contributed by atoms with van der Waals surface area (Å²) in [4.78, 5) is 2.34. The fraction of sp³-hybridized carbons (Fsp3) is 0.500. The number of halogens is 1. The fourth-order valence-electron chi connectivity index (χ4n) is 1.43. The monoisotopic (exact) mass is 270 g/mol. The molecule has 0 saturated carbocycles. The molecule has 15 heavy (non-hydrogen) atoms. The van der Waals surface area contributed by atoms with Crippen LogP contribution in [0.15, 0.2) is 28.7 Å². The summed E-state index contributed by atoms with van der Waals surface area (Å²) in [6, 6.07) is 8.52. The number of hydrogen-bond donors (Lipinski definition) is 1. The van der Waals surface area contributed by atoms with Crippen molar-refractivity contribution in [1.82, 2.24) is 10.2 Å². The highest BCUT2D eigenvalue weighted by molar-refractivity contribution is 9.10. The van der Waals surface area contributed by atoms with E-state index < -0.39 is 0 Å². The predicted octanol–water partition coefficient (Wildman–Crippen LogP) is 2.14. The minimum absolute atomic E-state index is 1.05. The molecule has 0 spiro atoms. The first-order chi connectivity index (χ1) is 7.22. The Kier molecular flexibility index (Phi) is 5.91. The summed E-state index contributed by atoms with van der Waals surface area (Å²) in [5.41, 5.74) is 1.39. The largest absolute Gasteiger partial charge is 0.318 e. The topological polar surface area (TPSA) is 15.3 Å². The Balaban J connectivity index is 2.30. The number of rotatable bonds is 6. The first-order valence-electron chi connectivity index (χ1n) is 5.30. The zero-order valence-corrected chi connectivity index (χ0v) is 11.0. The van der Waals surface area contributed by atoms with Crippen LogP contribution in [0.1, 0.15) is 5.56 Å². The van der Waals surface area contributed by atoms with Crippen LogP contribution in [0.25, 0.3) is 0 Å². The zero-order valence-electron chi connectivity index (χ0n) is 9.46. The third-order valence-corrected chi connectivity index (χ3v) is 2.91. The van der Waals surface area contributed by atoms with Crippen LogP contribution in [0.4, 0.5) is 0 Å². The van der Waals surface area contributed by atoms with Gasteiger partial charge in [0.1, 0.15) is 0 Å². The molecule has 0 unspecified atom stereocenters. The summed E-state index contributed by atoms with van der Waals surface area (Å²) in [6.45, 7) is 3.26. The van der Waals surface area contributed by atoms with Crippen LogP contribution in [-0.4, -0.2) is 38.6 Å². The second kappa shape index (κ2) is 6.99. The Labute approximate surface area is 101 Å². The van der Waals surface area contributed by atoms with Crippen LogP contribution < -0.4 is 5.32 Å². The summed E-state index contributed by atoms with van der Waals surface area (Å²) in [6.07, 6.45) is 1.11. The Hall–Kier alpha value is -0.380. The van der Waals surface area contributed by atoms with Gasteiger partial charge < -0.3 is 10.2 Å². The lowest BCUT2D eigenvalue weighted by Crippen LogP contribution is -2.29. The lowest BCUT2D eigenvalue weighted by molar-refractivity contribution is 0.339. The Bertz CT molecular complexity index is 289. The molecular formula is C12H19BrN2. The summed E-state index contributed by atoms with van der Waals surface area (Å²) in [7, 11) is 4.15. The average molecular weight is 271 g/mol. The first kappa shape index (κ1) is 12.7. The van der Waals surface area contributed by atoms with E-state index in [4.69, 9.17) is 0 Å². The standard InChI is InChI=1S/C12H19BrN2/c1-14-7-9-15(2)8-6-11-4-3-5-12(13)10-11/h3-5,10,14H,6-9H2,1-2H3. The molecule has 1 aromatic carbocycles. The van der Waals surface area contributed by atoms with Crippen molar-refractivity contribution in [2.75, 3.05) is 33.7 Å². The summed E-state index contributed by atoms with van der Waals surface area (Å²) in [5, 5.41) is 3.16. The maximum absolute atomic E-state index is 3.49. The van der Waals surface area contributed by atoms with Gasteiger partial charge in [0.2, 0.25) is 0 Å². The molecule has 0 aliphatic rings. The lowest BCUT2D eigenvalue weighted by Gasteiger charge is -2.16. The Morgan fingerprint density at radius 1 is 1.33 bits per heavy atom. The molecule has 0 heterocycles. The molecule has 0 aromatic heterocycles. The van der Waals surface area contributed by atoms with E-state index in [1.54, 1.807) is 0 Å². The van der Waals surface area contributed by atoms with Gasteiger partial charge in [-0.15, -0.1) is 0 Å². The van der Waals surface area contributed by atoms with Gasteiger partial charge >= 0.3 is 0 Å². The molecule has 2 nitrogen and oxygen atoms in total. The summed E-state index contributed by atoms with van der Waals surface area (Å²) < 4.78 is 1.16. The van der Waals surface area contributed by atoms with Gasteiger partial charge in [0, 0.05) is 24.1 Å². The van der Waals surface area contributed by atoms with Crippen LogP contribution >= 0.6 is 15.9 Å². The van der Waals surface area contributed by atoms with E-state index in [1.807, 2.05) is 7.05 Å². The van der Waals surface area contributed by atoms with E-state index in [0.717, 1.165) is 30.5 Å². The molecule has 0 radical (unpaired) electrons. The van der Waals surface area contributed by atoms with Crippen LogP contribution in [-0.2, 0) is 6.42 Å². The maximum atomic E-state index is 3.49.